The van der Waals surface area contributed by atoms with Gasteiger partial charge in [0.1, 0.15) is 5.82 Å². The van der Waals surface area contributed by atoms with E-state index in [1.54, 1.807) is 30.3 Å². The molecule has 296 valence electrons. The number of alkyl halides is 6. The number of amides is 2. The van der Waals surface area contributed by atoms with Crippen molar-refractivity contribution in [2.75, 3.05) is 10.6 Å². The molecule has 57 heavy (non-hydrogen) atoms. The van der Waals surface area contributed by atoms with E-state index >= 15 is 0 Å². The fourth-order valence-electron chi connectivity index (χ4n) is 5.63. The molecule has 2 fully saturated rings. The van der Waals surface area contributed by atoms with Crippen molar-refractivity contribution in [1.29, 1.82) is 0 Å². The monoisotopic (exact) mass is 832 g/mol. The molecular formula is C38H29Cl2F7N8O2. The summed E-state index contributed by atoms with van der Waals surface area (Å²) in [7, 11) is 0. The van der Waals surface area contributed by atoms with Crippen LogP contribution < -0.4 is 10.6 Å². The Hall–Kier alpha value is -5.81. The van der Waals surface area contributed by atoms with E-state index in [0.29, 0.717) is 27.7 Å². The second kappa shape index (κ2) is 16.3. The first-order chi connectivity index (χ1) is 26.7. The summed E-state index contributed by atoms with van der Waals surface area (Å²) < 4.78 is 94.2. The highest BCUT2D eigenvalue weighted by Crippen LogP contribution is 2.44. The maximum atomic E-state index is 13.7. The van der Waals surface area contributed by atoms with Crippen LogP contribution in [0, 0.1) is 5.82 Å². The van der Waals surface area contributed by atoms with Crippen LogP contribution in [0.25, 0.3) is 11.6 Å². The average Bonchev–Trinajstić information content (AvgIpc) is 4.10. The lowest BCUT2D eigenvalue weighted by molar-refractivity contribution is -0.142. The van der Waals surface area contributed by atoms with E-state index in [9.17, 15) is 40.3 Å². The molecule has 2 aliphatic carbocycles. The molecule has 4 heterocycles. The van der Waals surface area contributed by atoms with Crippen LogP contribution in [-0.2, 0) is 12.4 Å². The molecule has 0 aliphatic heterocycles. The Morgan fingerprint density at radius 2 is 1.05 bits per heavy atom. The lowest BCUT2D eigenvalue weighted by Crippen LogP contribution is -2.14. The van der Waals surface area contributed by atoms with Gasteiger partial charge in [0.15, 0.2) is 23.0 Å². The molecule has 2 aromatic carbocycles. The molecule has 19 heteroatoms. The fraction of sp³-hybridized carbons (Fsp3) is 0.211. The van der Waals surface area contributed by atoms with Crippen LogP contribution >= 0.6 is 24.0 Å². The van der Waals surface area contributed by atoms with Gasteiger partial charge in [-0.2, -0.15) is 36.5 Å². The first-order valence-corrected chi connectivity index (χ1v) is 17.4. The van der Waals surface area contributed by atoms with Crippen LogP contribution in [0.15, 0.2) is 97.3 Å². The number of pyridine rings is 2. The lowest BCUT2D eigenvalue weighted by atomic mass is 10.2. The molecule has 0 bridgehead atoms. The molecule has 2 aliphatic rings. The van der Waals surface area contributed by atoms with Gasteiger partial charge in [-0.3, -0.25) is 9.59 Å². The number of aromatic nitrogens is 6. The number of hydrogen-bond donors (Lipinski definition) is 2. The Morgan fingerprint density at radius 1 is 0.632 bits per heavy atom. The van der Waals surface area contributed by atoms with Gasteiger partial charge in [0.2, 0.25) is 0 Å². The van der Waals surface area contributed by atoms with Crippen molar-refractivity contribution in [1.82, 2.24) is 29.5 Å². The molecule has 4 aromatic heterocycles. The quantitative estimate of drug-likeness (QED) is 0.147. The van der Waals surface area contributed by atoms with Crippen molar-refractivity contribution in [3.05, 3.63) is 142 Å². The van der Waals surface area contributed by atoms with Crippen molar-refractivity contribution in [3.63, 3.8) is 0 Å². The Morgan fingerprint density at radius 3 is 1.44 bits per heavy atom. The van der Waals surface area contributed by atoms with Gasteiger partial charge in [-0.1, -0.05) is 35.9 Å². The number of nitrogens with one attached hydrogen (secondary N) is 2. The Kier molecular flexibility index (Phi) is 11.7. The number of rotatable bonds is 8. The van der Waals surface area contributed by atoms with Gasteiger partial charge in [-0.05, 0) is 86.3 Å². The molecule has 10 nitrogen and oxygen atoms in total. The van der Waals surface area contributed by atoms with Gasteiger partial charge in [0, 0.05) is 23.2 Å². The molecule has 0 unspecified atom stereocenters. The molecule has 2 N–H and O–H groups in total. The number of anilines is 2. The largest absolute Gasteiger partial charge is 0.435 e. The maximum absolute atomic E-state index is 13.7. The van der Waals surface area contributed by atoms with E-state index in [1.165, 1.54) is 64.2 Å². The predicted molar refractivity (Wildman–Crippen MR) is 198 cm³/mol. The predicted octanol–water partition coefficient (Wildman–Crippen LogP) is 10.0. The lowest BCUT2D eigenvalue weighted by Gasteiger charge is -2.09. The second-order valence-corrected chi connectivity index (χ2v) is 13.4. The topological polar surface area (TPSA) is 120 Å². The highest BCUT2D eigenvalue weighted by molar-refractivity contribution is 6.34. The van der Waals surface area contributed by atoms with Crippen molar-refractivity contribution in [3.8, 4) is 11.6 Å². The number of hydrogen-bond acceptors (Lipinski definition) is 6. The Bertz CT molecular complexity index is 2220. The van der Waals surface area contributed by atoms with Gasteiger partial charge >= 0.3 is 12.4 Å². The van der Waals surface area contributed by atoms with Gasteiger partial charge in [0.25, 0.3) is 11.8 Å². The first-order valence-electron chi connectivity index (χ1n) is 17.0. The summed E-state index contributed by atoms with van der Waals surface area (Å²) in [4.78, 5) is 32.7. The summed E-state index contributed by atoms with van der Waals surface area (Å²) >= 11 is 6.00. The zero-order chi connectivity index (χ0) is 39.8. The number of benzene rings is 2. The SMILES string of the molecule is Cl.O=C(Nc1ccc(-n2nc(C(F)(F)F)cc2C2CC2)nc1)c1ccccc1Cl.O=C(Nc1ccc(-n2nc(C(F)(F)F)cc2C2CC2)nc1)c1ccccc1F. The summed E-state index contributed by atoms with van der Waals surface area (Å²) in [5.41, 5.74) is -0.0789. The van der Waals surface area contributed by atoms with E-state index in [1.807, 2.05) is 0 Å². The summed E-state index contributed by atoms with van der Waals surface area (Å²) in [5, 5.41) is 12.8. The average molecular weight is 834 g/mol. The molecule has 8 rings (SSSR count). The van der Waals surface area contributed by atoms with Gasteiger partial charge < -0.3 is 10.6 Å². The van der Waals surface area contributed by atoms with E-state index in [0.717, 1.165) is 37.8 Å². The van der Waals surface area contributed by atoms with E-state index in [2.05, 4.69) is 30.8 Å². The van der Waals surface area contributed by atoms with E-state index in [4.69, 9.17) is 11.6 Å². The van der Waals surface area contributed by atoms with Crippen molar-refractivity contribution >= 4 is 47.2 Å². The third-order valence-electron chi connectivity index (χ3n) is 8.73. The molecule has 0 spiro atoms. The first kappa shape index (κ1) is 40.8. The summed E-state index contributed by atoms with van der Waals surface area (Å²) in [6, 6.07) is 20.3. The Balaban J connectivity index is 0.000000189. The van der Waals surface area contributed by atoms with Crippen molar-refractivity contribution in [2.24, 2.45) is 0 Å². The number of nitrogens with zero attached hydrogens (tertiary/aromatic N) is 6. The van der Waals surface area contributed by atoms with Gasteiger partial charge in [-0.15, -0.1) is 12.4 Å². The zero-order valence-electron chi connectivity index (χ0n) is 29.2. The minimum Gasteiger partial charge on any atom is -0.321 e. The summed E-state index contributed by atoms with van der Waals surface area (Å²) in [6.45, 7) is 0. The molecule has 2 saturated carbocycles. The minimum absolute atomic E-state index is 0. The molecule has 6 aromatic rings. The van der Waals surface area contributed by atoms with E-state index in [-0.39, 0.29) is 47.1 Å². The normalized spacial score (nSPS) is 13.9. The highest BCUT2D eigenvalue weighted by Gasteiger charge is 2.39. The fourth-order valence-corrected chi connectivity index (χ4v) is 5.85. The molecule has 0 saturated heterocycles. The van der Waals surface area contributed by atoms with E-state index < -0.39 is 41.4 Å². The van der Waals surface area contributed by atoms with Gasteiger partial charge in [0.05, 0.1) is 39.9 Å². The van der Waals surface area contributed by atoms with Crippen LogP contribution in [0.4, 0.5) is 42.1 Å². The molecule has 2 amide bonds. The summed E-state index contributed by atoms with van der Waals surface area (Å²) in [6.07, 6.45) is -3.13. The van der Waals surface area contributed by atoms with Crippen LogP contribution in [0.2, 0.25) is 5.02 Å². The number of carbonyl (C=O) groups excluding carboxylic acids is 2. The van der Waals surface area contributed by atoms with Crippen LogP contribution in [0.5, 0.6) is 0 Å². The Labute approximate surface area is 330 Å². The third kappa shape index (κ3) is 9.60. The van der Waals surface area contributed by atoms with Crippen LogP contribution in [0.3, 0.4) is 0 Å². The highest BCUT2D eigenvalue weighted by atomic mass is 35.5. The zero-order valence-corrected chi connectivity index (χ0v) is 30.7. The van der Waals surface area contributed by atoms with Crippen molar-refractivity contribution in [2.45, 2.75) is 49.9 Å². The van der Waals surface area contributed by atoms with Crippen LogP contribution in [0.1, 0.15) is 81.0 Å². The third-order valence-corrected chi connectivity index (χ3v) is 9.06. The minimum atomic E-state index is -4.54. The molecule has 0 atom stereocenters. The number of carbonyl (C=O) groups is 2. The standard InChI is InChI=1S/C19H14ClF3N4O.C19H14F4N4O.ClH/c2*20-14-4-2-1-3-13(14)18(28)25-12-7-8-17(24-10-12)27-15(11-5-6-11)9-16(26-27)19(21,22)23;/h2*1-4,7-11H,5-6H2,(H,25,28);1H. The number of halogens is 9. The maximum Gasteiger partial charge on any atom is 0.435 e. The molecular weight excluding hydrogens is 804 g/mol. The van der Waals surface area contributed by atoms with Crippen LogP contribution in [-0.4, -0.2) is 41.3 Å². The smallest absolute Gasteiger partial charge is 0.321 e. The molecule has 0 radical (unpaired) electrons. The van der Waals surface area contributed by atoms with Gasteiger partial charge in [-0.25, -0.2) is 23.7 Å². The summed E-state index contributed by atoms with van der Waals surface area (Å²) in [5.74, 6) is -1.15. The second-order valence-electron chi connectivity index (χ2n) is 13.0. The van der Waals surface area contributed by atoms with Crippen molar-refractivity contribution < 1.29 is 40.3 Å².